The number of nitrogens with one attached hydrogen (secondary N) is 1. The number of para-hydroxylation sites is 1. The molecule has 0 fully saturated rings. The summed E-state index contributed by atoms with van der Waals surface area (Å²) in [5, 5.41) is 0. The second-order valence-corrected chi connectivity index (χ2v) is 5.58. The van der Waals surface area contributed by atoms with Gasteiger partial charge in [0, 0.05) is 0 Å². The number of sulfonamides is 1. The summed E-state index contributed by atoms with van der Waals surface area (Å²) in [4.78, 5) is 7.33. The van der Waals surface area contributed by atoms with Crippen LogP contribution in [0.3, 0.4) is 0 Å². The van der Waals surface area contributed by atoms with Gasteiger partial charge in [-0.1, -0.05) is 25.1 Å². The molecule has 1 aromatic heterocycles. The van der Waals surface area contributed by atoms with Gasteiger partial charge in [-0.05, 0) is 18.1 Å². The number of nitrogens with zero attached hydrogens (tertiary/aromatic N) is 2. The molecule has 0 amide bonds. The van der Waals surface area contributed by atoms with E-state index in [1.807, 2.05) is 19.1 Å². The largest absolute Gasteiger partial charge is 0.368 e. The van der Waals surface area contributed by atoms with Crippen LogP contribution < -0.4 is 10.5 Å². The van der Waals surface area contributed by atoms with E-state index in [0.29, 0.717) is 5.69 Å². The first-order chi connectivity index (χ1) is 9.03. The van der Waals surface area contributed by atoms with Gasteiger partial charge in [-0.2, -0.15) is 0 Å². The number of aromatic nitrogens is 2. The first-order valence-electron chi connectivity index (χ1n) is 5.71. The monoisotopic (exact) mass is 278 g/mol. The van der Waals surface area contributed by atoms with Crippen molar-refractivity contribution in [3.8, 4) is 0 Å². The molecule has 0 aliphatic rings. The average molecular weight is 278 g/mol. The summed E-state index contributed by atoms with van der Waals surface area (Å²) in [7, 11) is -3.69. The molecule has 3 N–H and O–H groups in total. The molecule has 0 radical (unpaired) electrons. The van der Waals surface area contributed by atoms with E-state index in [1.54, 1.807) is 12.1 Å². The Bertz CT molecular complexity index is 668. The SMILES string of the molecule is CCc1ccccc1NS(=O)(=O)c1cnc(N)nc1. The topological polar surface area (TPSA) is 98.0 Å². The van der Waals surface area contributed by atoms with Crippen molar-refractivity contribution < 1.29 is 8.42 Å². The first kappa shape index (κ1) is 13.3. The lowest BCUT2D eigenvalue weighted by Gasteiger charge is -2.11. The van der Waals surface area contributed by atoms with Crippen molar-refractivity contribution in [2.45, 2.75) is 18.2 Å². The number of nitrogens with two attached hydrogens (primary N) is 1. The predicted octanol–water partition coefficient (Wildman–Crippen LogP) is 1.42. The summed E-state index contributed by atoms with van der Waals surface area (Å²) in [5.74, 6) is 0.0351. The Labute approximate surface area is 111 Å². The molecule has 0 spiro atoms. The first-order valence-corrected chi connectivity index (χ1v) is 7.19. The van der Waals surface area contributed by atoms with Gasteiger partial charge in [-0.15, -0.1) is 0 Å². The zero-order valence-electron chi connectivity index (χ0n) is 10.4. The maximum atomic E-state index is 12.1. The second kappa shape index (κ2) is 5.23. The number of nitrogen functional groups attached to an aromatic ring is 1. The van der Waals surface area contributed by atoms with Gasteiger partial charge in [0.15, 0.2) is 0 Å². The molecule has 2 aromatic rings. The third-order valence-electron chi connectivity index (χ3n) is 2.60. The highest BCUT2D eigenvalue weighted by atomic mass is 32.2. The van der Waals surface area contributed by atoms with Gasteiger partial charge < -0.3 is 5.73 Å². The van der Waals surface area contributed by atoms with Crippen molar-refractivity contribution in [2.24, 2.45) is 0 Å². The zero-order valence-corrected chi connectivity index (χ0v) is 11.2. The van der Waals surface area contributed by atoms with Crippen molar-refractivity contribution in [3.63, 3.8) is 0 Å². The molecule has 0 bridgehead atoms. The van der Waals surface area contributed by atoms with Crippen molar-refractivity contribution in [3.05, 3.63) is 42.2 Å². The molecule has 0 aliphatic heterocycles. The molecule has 0 saturated heterocycles. The standard InChI is InChI=1S/C12H14N4O2S/c1-2-9-5-3-4-6-11(9)16-19(17,18)10-7-14-12(13)15-8-10/h3-8,16H,2H2,1H3,(H2,13,14,15). The molecule has 1 heterocycles. The number of benzene rings is 1. The van der Waals surface area contributed by atoms with Crippen molar-refractivity contribution in [1.82, 2.24) is 9.97 Å². The third-order valence-corrected chi connectivity index (χ3v) is 3.92. The minimum atomic E-state index is -3.69. The third kappa shape index (κ3) is 3.00. The lowest BCUT2D eigenvalue weighted by Crippen LogP contribution is -2.15. The number of aryl methyl sites for hydroxylation is 1. The minimum absolute atomic E-state index is 0.0207. The summed E-state index contributed by atoms with van der Waals surface area (Å²) in [6, 6.07) is 7.23. The molecule has 19 heavy (non-hydrogen) atoms. The van der Waals surface area contributed by atoms with Crippen LogP contribution in [0.25, 0.3) is 0 Å². The Morgan fingerprint density at radius 1 is 1.21 bits per heavy atom. The van der Waals surface area contributed by atoms with E-state index in [2.05, 4.69) is 14.7 Å². The number of hydrogen-bond acceptors (Lipinski definition) is 5. The van der Waals surface area contributed by atoms with E-state index >= 15 is 0 Å². The van der Waals surface area contributed by atoms with Gasteiger partial charge in [0.05, 0.1) is 18.1 Å². The van der Waals surface area contributed by atoms with Crippen LogP contribution in [-0.4, -0.2) is 18.4 Å². The number of anilines is 2. The van der Waals surface area contributed by atoms with Crippen LogP contribution in [0, 0.1) is 0 Å². The highest BCUT2D eigenvalue weighted by Crippen LogP contribution is 2.19. The van der Waals surface area contributed by atoms with E-state index < -0.39 is 10.0 Å². The molecule has 0 aliphatic carbocycles. The highest BCUT2D eigenvalue weighted by Gasteiger charge is 2.16. The Hall–Kier alpha value is -2.15. The van der Waals surface area contributed by atoms with Gasteiger partial charge in [0.1, 0.15) is 4.90 Å². The summed E-state index contributed by atoms with van der Waals surface area (Å²) < 4.78 is 26.8. The molecule has 7 heteroatoms. The van der Waals surface area contributed by atoms with Gasteiger partial charge in [0.25, 0.3) is 10.0 Å². The summed E-state index contributed by atoms with van der Waals surface area (Å²) in [6.07, 6.45) is 3.09. The summed E-state index contributed by atoms with van der Waals surface area (Å²) >= 11 is 0. The van der Waals surface area contributed by atoms with Crippen LogP contribution in [0.1, 0.15) is 12.5 Å². The van der Waals surface area contributed by atoms with E-state index in [4.69, 9.17) is 5.73 Å². The molecule has 6 nitrogen and oxygen atoms in total. The summed E-state index contributed by atoms with van der Waals surface area (Å²) in [6.45, 7) is 1.96. The van der Waals surface area contributed by atoms with Crippen molar-refractivity contribution >= 4 is 21.7 Å². The predicted molar refractivity (Wildman–Crippen MR) is 73.1 cm³/mol. The fourth-order valence-corrected chi connectivity index (χ4v) is 2.59. The molecule has 0 atom stereocenters. The van der Waals surface area contributed by atoms with Crippen LogP contribution in [0.15, 0.2) is 41.6 Å². The Morgan fingerprint density at radius 2 is 1.84 bits per heavy atom. The average Bonchev–Trinajstić information content (AvgIpc) is 2.39. The molecule has 0 unspecified atom stereocenters. The van der Waals surface area contributed by atoms with Crippen molar-refractivity contribution in [1.29, 1.82) is 0 Å². The molecule has 1 aromatic carbocycles. The molecular weight excluding hydrogens is 264 g/mol. The maximum absolute atomic E-state index is 12.1. The fraction of sp³-hybridized carbons (Fsp3) is 0.167. The Morgan fingerprint density at radius 3 is 2.47 bits per heavy atom. The quantitative estimate of drug-likeness (QED) is 0.881. The van der Waals surface area contributed by atoms with Crippen LogP contribution >= 0.6 is 0 Å². The van der Waals surface area contributed by atoms with Gasteiger partial charge in [-0.3, -0.25) is 4.72 Å². The van der Waals surface area contributed by atoms with E-state index in [-0.39, 0.29) is 10.8 Å². The zero-order chi connectivity index (χ0) is 13.9. The maximum Gasteiger partial charge on any atom is 0.264 e. The van der Waals surface area contributed by atoms with Crippen LogP contribution in [0.5, 0.6) is 0 Å². The molecular formula is C12H14N4O2S. The number of hydrogen-bond donors (Lipinski definition) is 2. The van der Waals surface area contributed by atoms with E-state index in [1.165, 1.54) is 12.4 Å². The fourth-order valence-electron chi connectivity index (χ4n) is 1.60. The number of rotatable bonds is 4. The second-order valence-electron chi connectivity index (χ2n) is 3.89. The lowest BCUT2D eigenvalue weighted by atomic mass is 10.1. The smallest absolute Gasteiger partial charge is 0.264 e. The Kier molecular flexibility index (Phi) is 3.66. The highest BCUT2D eigenvalue weighted by molar-refractivity contribution is 7.92. The lowest BCUT2D eigenvalue weighted by molar-refractivity contribution is 0.600. The molecule has 100 valence electrons. The van der Waals surface area contributed by atoms with Gasteiger partial charge >= 0.3 is 0 Å². The Balaban J connectivity index is 2.34. The normalized spacial score (nSPS) is 11.2. The van der Waals surface area contributed by atoms with Crippen LogP contribution in [0.2, 0.25) is 0 Å². The minimum Gasteiger partial charge on any atom is -0.368 e. The van der Waals surface area contributed by atoms with Crippen LogP contribution in [0.4, 0.5) is 11.6 Å². The van der Waals surface area contributed by atoms with E-state index in [9.17, 15) is 8.42 Å². The van der Waals surface area contributed by atoms with Crippen molar-refractivity contribution in [2.75, 3.05) is 10.5 Å². The van der Waals surface area contributed by atoms with Crippen LogP contribution in [-0.2, 0) is 16.4 Å². The van der Waals surface area contributed by atoms with E-state index in [0.717, 1.165) is 12.0 Å². The van der Waals surface area contributed by atoms with Gasteiger partial charge in [-0.25, -0.2) is 18.4 Å². The molecule has 2 rings (SSSR count). The molecule has 0 saturated carbocycles. The summed E-state index contributed by atoms with van der Waals surface area (Å²) in [5.41, 5.74) is 6.81. The van der Waals surface area contributed by atoms with Gasteiger partial charge in [0.2, 0.25) is 5.95 Å².